The van der Waals surface area contributed by atoms with Crippen molar-refractivity contribution in [2.45, 2.75) is 24.5 Å². The van der Waals surface area contributed by atoms with Crippen molar-refractivity contribution in [1.29, 1.82) is 0 Å². The lowest BCUT2D eigenvalue weighted by molar-refractivity contribution is 0.0944. The second kappa shape index (κ2) is 9.28. The highest BCUT2D eigenvalue weighted by Gasteiger charge is 2.12. The van der Waals surface area contributed by atoms with Gasteiger partial charge in [0, 0.05) is 11.0 Å². The van der Waals surface area contributed by atoms with Gasteiger partial charge in [-0.15, -0.1) is 11.8 Å². The fraction of sp³-hybridized carbons (Fsp3) is 0.238. The van der Waals surface area contributed by atoms with Gasteiger partial charge in [-0.1, -0.05) is 29.4 Å². The third-order valence-corrected chi connectivity index (χ3v) is 4.92. The number of carbonyl (C=O) groups is 1. The molecule has 0 spiro atoms. The lowest BCUT2D eigenvalue weighted by Crippen LogP contribution is -2.28. The van der Waals surface area contributed by atoms with Crippen LogP contribution in [0.3, 0.4) is 0 Å². The summed E-state index contributed by atoms with van der Waals surface area (Å²) in [6.45, 7) is 4.76. The van der Waals surface area contributed by atoms with Crippen LogP contribution in [0.1, 0.15) is 27.4 Å². The van der Waals surface area contributed by atoms with Crippen molar-refractivity contribution in [3.8, 4) is 5.75 Å². The van der Waals surface area contributed by atoms with Crippen molar-refractivity contribution in [3.63, 3.8) is 0 Å². The second-order valence-electron chi connectivity index (χ2n) is 6.14. The Morgan fingerprint density at radius 2 is 2.00 bits per heavy atom. The first-order valence-corrected chi connectivity index (χ1v) is 9.72. The molecule has 1 N–H and O–H groups in total. The van der Waals surface area contributed by atoms with Gasteiger partial charge in [0.25, 0.3) is 5.91 Å². The highest BCUT2D eigenvalue weighted by molar-refractivity contribution is 7.98. The van der Waals surface area contributed by atoms with Gasteiger partial charge in [0.05, 0.1) is 23.6 Å². The lowest BCUT2D eigenvalue weighted by atomic mass is 10.2. The summed E-state index contributed by atoms with van der Waals surface area (Å²) in [6.07, 6.45) is 0. The molecule has 0 aliphatic carbocycles. The third-order valence-electron chi connectivity index (χ3n) is 3.82. The smallest absolute Gasteiger partial charge is 0.252 e. The largest absolute Gasteiger partial charge is 0.492 e. The number of carbonyl (C=O) groups excluding carboxylic acids is 1. The molecule has 6 heteroatoms. The number of ether oxygens (including phenoxy) is 1. The predicted molar refractivity (Wildman–Crippen MR) is 106 cm³/mol. The van der Waals surface area contributed by atoms with Gasteiger partial charge in [0.15, 0.2) is 0 Å². The van der Waals surface area contributed by atoms with Crippen LogP contribution >= 0.6 is 11.8 Å². The average Bonchev–Trinajstić information content (AvgIpc) is 3.09. The summed E-state index contributed by atoms with van der Waals surface area (Å²) in [5, 5.41) is 6.80. The summed E-state index contributed by atoms with van der Waals surface area (Å²) in [4.78, 5) is 13.4. The molecule has 0 fully saturated rings. The molecule has 140 valence electrons. The Kier molecular flexibility index (Phi) is 6.54. The zero-order chi connectivity index (χ0) is 19.1. The van der Waals surface area contributed by atoms with Crippen molar-refractivity contribution in [2.24, 2.45) is 0 Å². The number of benzene rings is 2. The number of amides is 1. The van der Waals surface area contributed by atoms with E-state index in [2.05, 4.69) is 10.5 Å². The first-order chi connectivity index (χ1) is 13.1. The Balaban J connectivity index is 1.51. The number of rotatable bonds is 8. The van der Waals surface area contributed by atoms with Gasteiger partial charge in [-0.2, -0.15) is 0 Å². The molecule has 0 aliphatic heterocycles. The van der Waals surface area contributed by atoms with E-state index in [0.717, 1.165) is 27.7 Å². The molecule has 0 atom stereocenters. The SMILES string of the molecule is Cc1cccc(OCCNC(=O)c2ccccc2SCc2cc(C)no2)c1. The summed E-state index contributed by atoms with van der Waals surface area (Å²) in [5.41, 5.74) is 2.64. The van der Waals surface area contributed by atoms with Crippen LogP contribution in [-0.2, 0) is 5.75 Å². The standard InChI is InChI=1S/C21H22N2O3S/c1-15-6-5-7-17(12-15)25-11-10-22-21(24)19-8-3-4-9-20(19)27-14-18-13-16(2)23-26-18/h3-9,12-13H,10-11,14H2,1-2H3,(H,22,24). The zero-order valence-corrected chi connectivity index (χ0v) is 16.2. The zero-order valence-electron chi connectivity index (χ0n) is 15.4. The summed E-state index contributed by atoms with van der Waals surface area (Å²) in [6, 6.07) is 17.3. The maximum atomic E-state index is 12.5. The van der Waals surface area contributed by atoms with Crippen molar-refractivity contribution in [2.75, 3.05) is 13.2 Å². The minimum Gasteiger partial charge on any atom is -0.492 e. The first-order valence-electron chi connectivity index (χ1n) is 8.73. The Bertz CT molecular complexity index is 908. The van der Waals surface area contributed by atoms with Gasteiger partial charge in [-0.3, -0.25) is 4.79 Å². The van der Waals surface area contributed by atoms with Crippen LogP contribution in [0, 0.1) is 13.8 Å². The first kappa shape index (κ1) is 19.0. The second-order valence-corrected chi connectivity index (χ2v) is 7.16. The molecule has 0 bridgehead atoms. The van der Waals surface area contributed by atoms with Crippen LogP contribution in [0.5, 0.6) is 5.75 Å². The molecule has 0 radical (unpaired) electrons. The van der Waals surface area contributed by atoms with E-state index >= 15 is 0 Å². The van der Waals surface area contributed by atoms with Crippen LogP contribution in [0.2, 0.25) is 0 Å². The van der Waals surface area contributed by atoms with Gasteiger partial charge in [-0.05, 0) is 43.7 Å². The molecule has 5 nitrogen and oxygen atoms in total. The van der Waals surface area contributed by atoms with Crippen LogP contribution < -0.4 is 10.1 Å². The van der Waals surface area contributed by atoms with Crippen LogP contribution in [0.15, 0.2) is 64.0 Å². The maximum Gasteiger partial charge on any atom is 0.252 e. The monoisotopic (exact) mass is 382 g/mol. The van der Waals surface area contributed by atoms with Gasteiger partial charge in [0.1, 0.15) is 18.1 Å². The van der Waals surface area contributed by atoms with Gasteiger partial charge >= 0.3 is 0 Å². The maximum absolute atomic E-state index is 12.5. The number of nitrogens with one attached hydrogen (secondary N) is 1. The number of hydrogen-bond acceptors (Lipinski definition) is 5. The van der Waals surface area contributed by atoms with E-state index in [1.807, 2.05) is 68.4 Å². The molecule has 1 heterocycles. The number of hydrogen-bond donors (Lipinski definition) is 1. The number of nitrogens with zero attached hydrogens (tertiary/aromatic N) is 1. The highest BCUT2D eigenvalue weighted by Crippen LogP contribution is 2.26. The highest BCUT2D eigenvalue weighted by atomic mass is 32.2. The fourth-order valence-electron chi connectivity index (χ4n) is 2.55. The molecule has 1 aromatic heterocycles. The Morgan fingerprint density at radius 1 is 1.15 bits per heavy atom. The quantitative estimate of drug-likeness (QED) is 0.462. The molecular weight excluding hydrogens is 360 g/mol. The molecule has 3 aromatic rings. The molecule has 0 aliphatic rings. The average molecular weight is 382 g/mol. The topological polar surface area (TPSA) is 64.4 Å². The fourth-order valence-corrected chi connectivity index (χ4v) is 3.47. The molecular formula is C21H22N2O3S. The predicted octanol–water partition coefficient (Wildman–Crippen LogP) is 4.39. The molecule has 3 rings (SSSR count). The van der Waals surface area contributed by atoms with E-state index in [1.165, 1.54) is 0 Å². The van der Waals surface area contributed by atoms with E-state index in [1.54, 1.807) is 11.8 Å². The van der Waals surface area contributed by atoms with E-state index in [9.17, 15) is 4.79 Å². The van der Waals surface area contributed by atoms with Gasteiger partial charge < -0.3 is 14.6 Å². The lowest BCUT2D eigenvalue weighted by Gasteiger charge is -2.10. The van der Waals surface area contributed by atoms with Crippen LogP contribution in [0.4, 0.5) is 0 Å². The molecule has 2 aromatic carbocycles. The molecule has 0 saturated heterocycles. The van der Waals surface area contributed by atoms with E-state index in [0.29, 0.717) is 24.5 Å². The summed E-state index contributed by atoms with van der Waals surface area (Å²) >= 11 is 1.55. The number of aromatic nitrogens is 1. The molecule has 0 saturated carbocycles. The Hall–Kier alpha value is -2.73. The van der Waals surface area contributed by atoms with E-state index in [-0.39, 0.29) is 5.91 Å². The summed E-state index contributed by atoms with van der Waals surface area (Å²) < 4.78 is 10.9. The van der Waals surface area contributed by atoms with Crippen molar-refractivity contribution < 1.29 is 14.1 Å². The summed E-state index contributed by atoms with van der Waals surface area (Å²) in [7, 11) is 0. The normalized spacial score (nSPS) is 10.6. The Morgan fingerprint density at radius 3 is 2.78 bits per heavy atom. The molecule has 1 amide bonds. The van der Waals surface area contributed by atoms with Gasteiger partial charge in [0.2, 0.25) is 0 Å². The third kappa shape index (κ3) is 5.62. The van der Waals surface area contributed by atoms with Crippen LogP contribution in [-0.4, -0.2) is 24.2 Å². The minimum atomic E-state index is -0.111. The molecule has 27 heavy (non-hydrogen) atoms. The summed E-state index contributed by atoms with van der Waals surface area (Å²) in [5.74, 6) is 2.11. The number of aryl methyl sites for hydroxylation is 2. The Labute approximate surface area is 163 Å². The van der Waals surface area contributed by atoms with Crippen molar-refractivity contribution in [1.82, 2.24) is 10.5 Å². The minimum absolute atomic E-state index is 0.111. The van der Waals surface area contributed by atoms with Crippen molar-refractivity contribution >= 4 is 17.7 Å². The molecule has 0 unspecified atom stereocenters. The van der Waals surface area contributed by atoms with E-state index < -0.39 is 0 Å². The van der Waals surface area contributed by atoms with Gasteiger partial charge in [-0.25, -0.2) is 0 Å². The number of thioether (sulfide) groups is 1. The van der Waals surface area contributed by atoms with Crippen LogP contribution in [0.25, 0.3) is 0 Å². The van der Waals surface area contributed by atoms with E-state index in [4.69, 9.17) is 9.26 Å². The van der Waals surface area contributed by atoms with Crippen molar-refractivity contribution in [3.05, 3.63) is 77.2 Å².